The Morgan fingerprint density at radius 1 is 0.875 bits per heavy atom. The first kappa shape index (κ1) is 23.7. The number of amides is 2. The first-order chi connectivity index (χ1) is 15.4. The van der Waals surface area contributed by atoms with E-state index in [1.807, 2.05) is 73.7 Å². The lowest BCUT2D eigenvalue weighted by Crippen LogP contribution is -2.50. The van der Waals surface area contributed by atoms with Crippen molar-refractivity contribution in [3.63, 3.8) is 0 Å². The third kappa shape index (κ3) is 6.30. The van der Waals surface area contributed by atoms with Crippen LogP contribution in [0, 0.1) is 13.8 Å². The molecule has 32 heavy (non-hydrogen) atoms. The molecule has 166 valence electrons. The fraction of sp³-hybridized carbons (Fsp3) is 0.259. The predicted octanol–water partition coefficient (Wildman–Crippen LogP) is 4.99. The summed E-state index contributed by atoms with van der Waals surface area (Å²) in [6, 6.07) is 23.2. The molecule has 0 aliphatic carbocycles. The summed E-state index contributed by atoms with van der Waals surface area (Å²) in [5, 5.41) is 2.76. The Kier molecular flexibility index (Phi) is 8.23. The lowest BCUT2D eigenvalue weighted by molar-refractivity contribution is -0.140. The Labute approximate surface area is 198 Å². The Morgan fingerprint density at radius 3 is 2.16 bits per heavy atom. The number of nitrogens with zero attached hydrogens (tertiary/aromatic N) is 1. The highest BCUT2D eigenvalue weighted by Gasteiger charge is 2.29. The van der Waals surface area contributed by atoms with E-state index in [1.165, 1.54) is 5.56 Å². The monoisotopic (exact) mass is 492 g/mol. The number of carbonyl (C=O) groups is 2. The van der Waals surface area contributed by atoms with Gasteiger partial charge in [-0.05, 0) is 53.8 Å². The van der Waals surface area contributed by atoms with E-state index in [-0.39, 0.29) is 18.2 Å². The van der Waals surface area contributed by atoms with Crippen LogP contribution in [0.2, 0.25) is 0 Å². The van der Waals surface area contributed by atoms with Gasteiger partial charge >= 0.3 is 0 Å². The number of rotatable bonds is 8. The molecule has 5 heteroatoms. The van der Waals surface area contributed by atoms with Gasteiger partial charge in [-0.1, -0.05) is 76.6 Å². The molecule has 0 aliphatic rings. The average molecular weight is 493 g/mol. The van der Waals surface area contributed by atoms with E-state index in [2.05, 4.69) is 34.2 Å². The Morgan fingerprint density at radius 2 is 1.53 bits per heavy atom. The highest BCUT2D eigenvalue weighted by molar-refractivity contribution is 9.10. The van der Waals surface area contributed by atoms with Crippen LogP contribution in [0.4, 0.5) is 0 Å². The molecule has 1 N–H and O–H groups in total. The first-order valence-electron chi connectivity index (χ1n) is 10.7. The van der Waals surface area contributed by atoms with Crippen molar-refractivity contribution >= 4 is 27.7 Å². The summed E-state index contributed by atoms with van der Waals surface area (Å²) in [5.74, 6) is -0.236. The molecule has 0 fully saturated rings. The largest absolute Gasteiger partial charge is 0.357 e. The van der Waals surface area contributed by atoms with Gasteiger partial charge in [0.25, 0.3) is 0 Å². The third-order valence-electron chi connectivity index (χ3n) is 5.71. The summed E-state index contributed by atoms with van der Waals surface area (Å²) >= 11 is 3.46. The molecule has 0 saturated carbocycles. The quantitative estimate of drug-likeness (QED) is 0.481. The zero-order valence-corrected chi connectivity index (χ0v) is 20.4. The van der Waals surface area contributed by atoms with Gasteiger partial charge in [0.1, 0.15) is 6.04 Å². The van der Waals surface area contributed by atoms with E-state index in [1.54, 1.807) is 11.9 Å². The number of halogens is 1. The van der Waals surface area contributed by atoms with Crippen molar-refractivity contribution in [1.29, 1.82) is 0 Å². The lowest BCUT2D eigenvalue weighted by Gasteiger charge is -2.31. The highest BCUT2D eigenvalue weighted by Crippen LogP contribution is 2.19. The Hall–Kier alpha value is -2.92. The van der Waals surface area contributed by atoms with Gasteiger partial charge < -0.3 is 10.2 Å². The fourth-order valence-electron chi connectivity index (χ4n) is 3.70. The second-order valence-electron chi connectivity index (χ2n) is 8.06. The summed E-state index contributed by atoms with van der Waals surface area (Å²) in [6.07, 6.45) is 0.704. The normalized spacial score (nSPS) is 11.6. The highest BCUT2D eigenvalue weighted by atomic mass is 79.9. The van der Waals surface area contributed by atoms with E-state index >= 15 is 0 Å². The number of aryl methyl sites for hydroxylation is 2. The topological polar surface area (TPSA) is 49.4 Å². The Bertz CT molecular complexity index is 1060. The second kappa shape index (κ2) is 11.1. The fourth-order valence-corrected chi connectivity index (χ4v) is 3.96. The van der Waals surface area contributed by atoms with Crippen molar-refractivity contribution in [2.45, 2.75) is 39.3 Å². The SMILES string of the molecule is CNC(=O)[C@@H](Cc1ccccc1)N(Cc1ccc(Br)cc1)C(=O)Cc1ccc(C)c(C)c1. The van der Waals surface area contributed by atoms with Crippen LogP contribution >= 0.6 is 15.9 Å². The van der Waals surface area contributed by atoms with Crippen LogP contribution in [0.15, 0.2) is 77.3 Å². The maximum atomic E-state index is 13.6. The molecule has 3 aromatic rings. The van der Waals surface area contributed by atoms with Crippen molar-refractivity contribution in [1.82, 2.24) is 10.2 Å². The summed E-state index contributed by atoms with van der Waals surface area (Å²) in [6.45, 7) is 4.47. The van der Waals surface area contributed by atoms with Crippen molar-refractivity contribution in [3.8, 4) is 0 Å². The number of likely N-dealkylation sites (N-methyl/N-ethyl adjacent to an activating group) is 1. The number of hydrogen-bond acceptors (Lipinski definition) is 2. The van der Waals surface area contributed by atoms with Crippen LogP contribution in [0.25, 0.3) is 0 Å². The van der Waals surface area contributed by atoms with Crippen molar-refractivity contribution in [2.75, 3.05) is 7.05 Å². The first-order valence-corrected chi connectivity index (χ1v) is 11.5. The summed E-state index contributed by atoms with van der Waals surface area (Å²) in [5.41, 5.74) is 5.29. The molecule has 0 radical (unpaired) electrons. The standard InChI is InChI=1S/C27H29BrN2O2/c1-19-9-10-23(15-20(19)2)17-26(31)30(18-22-11-13-24(28)14-12-22)25(27(32)29-3)16-21-7-5-4-6-8-21/h4-15,25H,16-18H2,1-3H3,(H,29,32)/t25-/m1/s1. The number of carbonyl (C=O) groups excluding carboxylic acids is 2. The molecule has 0 heterocycles. The van der Waals surface area contributed by atoms with E-state index in [4.69, 9.17) is 0 Å². The minimum Gasteiger partial charge on any atom is -0.357 e. The van der Waals surface area contributed by atoms with Gasteiger partial charge in [0, 0.05) is 24.5 Å². The zero-order chi connectivity index (χ0) is 23.1. The number of nitrogens with one attached hydrogen (secondary N) is 1. The molecule has 0 aromatic heterocycles. The molecule has 0 bridgehead atoms. The summed E-state index contributed by atoms with van der Waals surface area (Å²) in [7, 11) is 1.62. The molecule has 3 aromatic carbocycles. The van der Waals surface area contributed by atoms with Crippen molar-refractivity contribution in [2.24, 2.45) is 0 Å². The van der Waals surface area contributed by atoms with Crippen LogP contribution in [0.1, 0.15) is 27.8 Å². The molecule has 0 unspecified atom stereocenters. The molecule has 1 atom stereocenters. The predicted molar refractivity (Wildman–Crippen MR) is 132 cm³/mol. The van der Waals surface area contributed by atoms with Gasteiger partial charge in [0.15, 0.2) is 0 Å². The number of hydrogen-bond donors (Lipinski definition) is 1. The van der Waals surface area contributed by atoms with Gasteiger partial charge in [-0.15, -0.1) is 0 Å². The summed E-state index contributed by atoms with van der Waals surface area (Å²) in [4.78, 5) is 28.2. The van der Waals surface area contributed by atoms with E-state index in [0.717, 1.165) is 26.7 Å². The third-order valence-corrected chi connectivity index (χ3v) is 6.24. The van der Waals surface area contributed by atoms with Gasteiger partial charge in [0.2, 0.25) is 11.8 Å². The molecule has 4 nitrogen and oxygen atoms in total. The molecule has 0 aliphatic heterocycles. The maximum Gasteiger partial charge on any atom is 0.242 e. The molecular formula is C27H29BrN2O2. The van der Waals surface area contributed by atoms with Crippen LogP contribution in [-0.4, -0.2) is 29.8 Å². The minimum atomic E-state index is -0.606. The van der Waals surface area contributed by atoms with Gasteiger partial charge in [-0.25, -0.2) is 0 Å². The Balaban J connectivity index is 1.93. The zero-order valence-electron chi connectivity index (χ0n) is 18.8. The second-order valence-corrected chi connectivity index (χ2v) is 8.98. The van der Waals surface area contributed by atoms with Crippen molar-refractivity contribution < 1.29 is 9.59 Å². The van der Waals surface area contributed by atoms with Crippen LogP contribution in [0.3, 0.4) is 0 Å². The van der Waals surface area contributed by atoms with Gasteiger partial charge in [-0.3, -0.25) is 9.59 Å². The molecule has 0 saturated heterocycles. The minimum absolute atomic E-state index is 0.0688. The maximum absolute atomic E-state index is 13.6. The van der Waals surface area contributed by atoms with Gasteiger partial charge in [-0.2, -0.15) is 0 Å². The number of benzene rings is 3. The molecule has 3 rings (SSSR count). The van der Waals surface area contributed by atoms with Crippen molar-refractivity contribution in [3.05, 3.63) is 105 Å². The van der Waals surface area contributed by atoms with Crippen LogP contribution < -0.4 is 5.32 Å². The average Bonchev–Trinajstić information content (AvgIpc) is 2.80. The molecule has 2 amide bonds. The van der Waals surface area contributed by atoms with E-state index in [9.17, 15) is 9.59 Å². The molecular weight excluding hydrogens is 464 g/mol. The van der Waals surface area contributed by atoms with E-state index in [0.29, 0.717) is 13.0 Å². The molecule has 0 spiro atoms. The van der Waals surface area contributed by atoms with Crippen LogP contribution in [0.5, 0.6) is 0 Å². The van der Waals surface area contributed by atoms with Gasteiger partial charge in [0.05, 0.1) is 6.42 Å². The van der Waals surface area contributed by atoms with Crippen LogP contribution in [-0.2, 0) is 29.0 Å². The van der Waals surface area contributed by atoms with E-state index < -0.39 is 6.04 Å². The summed E-state index contributed by atoms with van der Waals surface area (Å²) < 4.78 is 0.974. The lowest BCUT2D eigenvalue weighted by atomic mass is 10.0. The smallest absolute Gasteiger partial charge is 0.242 e.